The van der Waals surface area contributed by atoms with Gasteiger partial charge in [-0.15, -0.1) is 0 Å². The number of hydrogen-bond donors (Lipinski definition) is 3. The molecule has 2 aromatic carbocycles. The van der Waals surface area contributed by atoms with Crippen LogP contribution in [-0.2, 0) is 11.2 Å². The summed E-state index contributed by atoms with van der Waals surface area (Å²) in [7, 11) is 0. The summed E-state index contributed by atoms with van der Waals surface area (Å²) in [5.41, 5.74) is 2.28. The number of fused-ring (bicyclic) bond motifs is 1. The highest BCUT2D eigenvalue weighted by molar-refractivity contribution is 5.98. The number of benzene rings is 2. The fraction of sp³-hybridized carbons (Fsp3) is 0.333. The van der Waals surface area contributed by atoms with Gasteiger partial charge in [0.05, 0.1) is 0 Å². The number of carbonyl (C=O) groups is 2. The molecular weight excluding hydrogens is 381 g/mol. The number of carbonyl (C=O) groups excluding carboxylic acids is 2. The molecule has 0 unspecified atom stereocenters. The second-order valence-electron chi connectivity index (χ2n) is 7.94. The molecule has 4 rings (SSSR count). The van der Waals surface area contributed by atoms with Crippen LogP contribution in [0.15, 0.2) is 54.7 Å². The Labute approximate surface area is 175 Å². The van der Waals surface area contributed by atoms with Gasteiger partial charge in [0.25, 0.3) is 5.91 Å². The van der Waals surface area contributed by atoms with Crippen LogP contribution in [0.25, 0.3) is 10.9 Å². The van der Waals surface area contributed by atoms with Crippen molar-refractivity contribution in [3.63, 3.8) is 0 Å². The molecule has 1 saturated carbocycles. The monoisotopic (exact) mass is 407 g/mol. The minimum atomic E-state index is -0.719. The van der Waals surface area contributed by atoms with Crippen molar-refractivity contribution in [2.24, 2.45) is 0 Å². The highest BCUT2D eigenvalue weighted by atomic mass is 19.1. The molecule has 3 aromatic rings. The number of aromatic nitrogens is 1. The number of aromatic amines is 1. The average molecular weight is 407 g/mol. The molecule has 0 saturated heterocycles. The van der Waals surface area contributed by atoms with Gasteiger partial charge in [0, 0.05) is 35.1 Å². The maximum absolute atomic E-state index is 13.2. The number of rotatable bonds is 6. The van der Waals surface area contributed by atoms with Crippen LogP contribution in [0.2, 0.25) is 0 Å². The van der Waals surface area contributed by atoms with E-state index in [1.54, 1.807) is 0 Å². The molecule has 5 nitrogen and oxygen atoms in total. The van der Waals surface area contributed by atoms with Gasteiger partial charge in [-0.25, -0.2) is 4.39 Å². The van der Waals surface area contributed by atoms with E-state index >= 15 is 0 Å². The number of amides is 2. The molecule has 156 valence electrons. The van der Waals surface area contributed by atoms with Gasteiger partial charge in [-0.2, -0.15) is 0 Å². The van der Waals surface area contributed by atoms with Gasteiger partial charge < -0.3 is 15.6 Å². The van der Waals surface area contributed by atoms with E-state index < -0.39 is 17.8 Å². The quantitative estimate of drug-likeness (QED) is 0.576. The molecule has 1 fully saturated rings. The highest BCUT2D eigenvalue weighted by Crippen LogP contribution is 2.21. The minimum Gasteiger partial charge on any atom is -0.361 e. The molecular formula is C24H26FN3O2. The van der Waals surface area contributed by atoms with Crippen molar-refractivity contribution >= 4 is 22.7 Å². The number of halogens is 1. The molecule has 0 radical (unpaired) electrons. The van der Waals surface area contributed by atoms with Gasteiger partial charge in [-0.1, -0.05) is 37.5 Å². The van der Waals surface area contributed by atoms with E-state index in [2.05, 4.69) is 15.6 Å². The summed E-state index contributed by atoms with van der Waals surface area (Å²) in [6.07, 6.45) is 7.62. The van der Waals surface area contributed by atoms with Crippen LogP contribution in [0, 0.1) is 5.82 Å². The lowest BCUT2D eigenvalue weighted by atomic mass is 9.95. The Kier molecular flexibility index (Phi) is 6.12. The van der Waals surface area contributed by atoms with Crippen LogP contribution in [0.5, 0.6) is 0 Å². The first-order valence-corrected chi connectivity index (χ1v) is 10.5. The Morgan fingerprint density at radius 2 is 1.77 bits per heavy atom. The van der Waals surface area contributed by atoms with Crippen molar-refractivity contribution < 1.29 is 14.0 Å². The maximum atomic E-state index is 13.2. The van der Waals surface area contributed by atoms with E-state index in [0.29, 0.717) is 12.0 Å². The summed E-state index contributed by atoms with van der Waals surface area (Å²) in [5.74, 6) is -0.974. The van der Waals surface area contributed by atoms with Crippen molar-refractivity contribution in [2.45, 2.75) is 50.6 Å². The normalized spacial score (nSPS) is 15.6. The van der Waals surface area contributed by atoms with Crippen LogP contribution in [-0.4, -0.2) is 28.9 Å². The first-order valence-electron chi connectivity index (χ1n) is 10.5. The summed E-state index contributed by atoms with van der Waals surface area (Å²) in [5, 5.41) is 7.01. The molecule has 1 aliphatic carbocycles. The summed E-state index contributed by atoms with van der Waals surface area (Å²) < 4.78 is 13.2. The second kappa shape index (κ2) is 9.11. The van der Waals surface area contributed by atoms with E-state index in [0.717, 1.165) is 42.1 Å². The Hall–Kier alpha value is -3.15. The van der Waals surface area contributed by atoms with Crippen LogP contribution < -0.4 is 10.6 Å². The number of nitrogens with one attached hydrogen (secondary N) is 3. The molecule has 6 heteroatoms. The van der Waals surface area contributed by atoms with E-state index in [4.69, 9.17) is 0 Å². The van der Waals surface area contributed by atoms with E-state index in [-0.39, 0.29) is 11.9 Å². The topological polar surface area (TPSA) is 74.0 Å². The standard InChI is InChI=1S/C24H26FN3O2/c25-18-12-10-16(11-13-18)23(29)28-22(24(30)27-19-6-2-1-3-7-19)14-17-15-26-21-9-5-4-8-20(17)21/h4-5,8-13,15,19,22,26H,1-3,6-7,14H2,(H,27,30)(H,28,29)/t22-/m0/s1. The third-order valence-electron chi connectivity index (χ3n) is 5.78. The van der Waals surface area contributed by atoms with Gasteiger partial charge in [0.1, 0.15) is 11.9 Å². The minimum absolute atomic E-state index is 0.152. The van der Waals surface area contributed by atoms with Crippen LogP contribution in [0.3, 0.4) is 0 Å². The largest absolute Gasteiger partial charge is 0.361 e. The summed E-state index contributed by atoms with van der Waals surface area (Å²) in [6.45, 7) is 0. The molecule has 0 spiro atoms. The lowest BCUT2D eigenvalue weighted by Crippen LogP contribution is -2.51. The molecule has 0 bridgehead atoms. The highest BCUT2D eigenvalue weighted by Gasteiger charge is 2.26. The molecule has 1 aromatic heterocycles. The van der Waals surface area contributed by atoms with Gasteiger partial charge in [0.2, 0.25) is 5.91 Å². The zero-order valence-electron chi connectivity index (χ0n) is 16.8. The second-order valence-corrected chi connectivity index (χ2v) is 7.94. The molecule has 1 atom stereocenters. The molecule has 1 aliphatic rings. The lowest BCUT2D eigenvalue weighted by Gasteiger charge is -2.26. The van der Waals surface area contributed by atoms with Crippen molar-refractivity contribution in [3.8, 4) is 0 Å². The number of para-hydroxylation sites is 1. The third-order valence-corrected chi connectivity index (χ3v) is 5.78. The van der Waals surface area contributed by atoms with Crippen molar-refractivity contribution in [2.75, 3.05) is 0 Å². The first kappa shape index (κ1) is 20.1. The van der Waals surface area contributed by atoms with E-state index in [9.17, 15) is 14.0 Å². The smallest absolute Gasteiger partial charge is 0.251 e. The number of hydrogen-bond acceptors (Lipinski definition) is 2. The molecule has 30 heavy (non-hydrogen) atoms. The summed E-state index contributed by atoms with van der Waals surface area (Å²) >= 11 is 0. The van der Waals surface area contributed by atoms with E-state index in [1.807, 2.05) is 30.5 Å². The van der Waals surface area contributed by atoms with Gasteiger partial charge in [-0.05, 0) is 48.7 Å². The Morgan fingerprint density at radius 1 is 1.03 bits per heavy atom. The SMILES string of the molecule is O=C(N[C@@H](Cc1c[nH]c2ccccc12)C(=O)NC1CCCCC1)c1ccc(F)cc1. The van der Waals surface area contributed by atoms with Gasteiger partial charge in [0.15, 0.2) is 0 Å². The fourth-order valence-corrected chi connectivity index (χ4v) is 4.12. The molecule has 3 N–H and O–H groups in total. The Balaban J connectivity index is 1.54. The van der Waals surface area contributed by atoms with Crippen LogP contribution in [0.4, 0.5) is 4.39 Å². The summed E-state index contributed by atoms with van der Waals surface area (Å²) in [4.78, 5) is 29.1. The van der Waals surface area contributed by atoms with Crippen molar-refractivity contribution in [1.29, 1.82) is 0 Å². The number of H-pyrrole nitrogens is 1. The predicted octanol–water partition coefficient (Wildman–Crippen LogP) is 4.10. The van der Waals surface area contributed by atoms with Gasteiger partial charge >= 0.3 is 0 Å². The van der Waals surface area contributed by atoms with Crippen LogP contribution >= 0.6 is 0 Å². The van der Waals surface area contributed by atoms with Crippen molar-refractivity contribution in [3.05, 3.63) is 71.7 Å². The van der Waals surface area contributed by atoms with Gasteiger partial charge in [-0.3, -0.25) is 9.59 Å². The molecule has 2 amide bonds. The molecule has 1 heterocycles. The fourth-order valence-electron chi connectivity index (χ4n) is 4.12. The maximum Gasteiger partial charge on any atom is 0.251 e. The average Bonchev–Trinajstić information content (AvgIpc) is 3.17. The Morgan fingerprint density at radius 3 is 2.53 bits per heavy atom. The van der Waals surface area contributed by atoms with E-state index in [1.165, 1.54) is 30.7 Å². The summed E-state index contributed by atoms with van der Waals surface area (Å²) in [6, 6.07) is 12.6. The zero-order valence-corrected chi connectivity index (χ0v) is 16.8. The predicted molar refractivity (Wildman–Crippen MR) is 115 cm³/mol. The van der Waals surface area contributed by atoms with Crippen LogP contribution in [0.1, 0.15) is 48.0 Å². The zero-order chi connectivity index (χ0) is 20.9. The first-order chi connectivity index (χ1) is 14.6. The Bertz CT molecular complexity index is 1020. The third kappa shape index (κ3) is 4.70. The van der Waals surface area contributed by atoms with Crippen molar-refractivity contribution in [1.82, 2.24) is 15.6 Å². The lowest BCUT2D eigenvalue weighted by molar-refractivity contribution is -0.123. The molecule has 0 aliphatic heterocycles.